The summed E-state index contributed by atoms with van der Waals surface area (Å²) in [5.74, 6) is 0. The quantitative estimate of drug-likeness (QED) is 0.559. The van der Waals surface area contributed by atoms with Crippen molar-refractivity contribution in [2.75, 3.05) is 0 Å². The highest BCUT2D eigenvalue weighted by Gasteiger charge is 2.11. The number of hydrogen-bond donors (Lipinski definition) is 0. The van der Waals surface area contributed by atoms with Crippen molar-refractivity contribution in [1.29, 1.82) is 5.26 Å². The number of fused-ring (bicyclic) bond motifs is 1. The molecule has 2 rings (SSSR count). The minimum atomic E-state index is 0.891. The van der Waals surface area contributed by atoms with Crippen LogP contribution in [-0.4, -0.2) is 0 Å². The normalized spacial score (nSPS) is 16.2. The van der Waals surface area contributed by atoms with Crippen molar-refractivity contribution in [3.05, 3.63) is 21.4 Å². The van der Waals surface area contributed by atoms with Crippen LogP contribution in [0.1, 0.15) is 34.6 Å². The second kappa shape index (κ2) is 3.28. The Balaban J connectivity index is 2.34. The minimum absolute atomic E-state index is 0.891. The monoisotopic (exact) mass is 177 g/mol. The van der Waals surface area contributed by atoms with Crippen molar-refractivity contribution in [2.45, 2.75) is 32.1 Å². The van der Waals surface area contributed by atoms with Gasteiger partial charge in [-0.05, 0) is 37.3 Å². The van der Waals surface area contributed by atoms with E-state index >= 15 is 0 Å². The fourth-order valence-corrected chi connectivity index (χ4v) is 2.77. The van der Waals surface area contributed by atoms with Crippen molar-refractivity contribution >= 4 is 11.3 Å². The summed E-state index contributed by atoms with van der Waals surface area (Å²) in [6.07, 6.45) is 6.34. The summed E-state index contributed by atoms with van der Waals surface area (Å²) in [5, 5.41) is 8.72. The maximum Gasteiger partial charge on any atom is 0.110 e. The number of thiophene rings is 1. The van der Waals surface area contributed by atoms with Gasteiger partial charge in [-0.25, -0.2) is 0 Å². The molecule has 0 aliphatic heterocycles. The Bertz CT molecular complexity index is 296. The SMILES string of the molecule is N#Cc1cc2c(s1)CCCCC2. The van der Waals surface area contributed by atoms with Crippen LogP contribution in [0.4, 0.5) is 0 Å². The van der Waals surface area contributed by atoms with Gasteiger partial charge in [0, 0.05) is 4.88 Å². The van der Waals surface area contributed by atoms with Gasteiger partial charge in [0.1, 0.15) is 10.9 Å². The highest BCUT2D eigenvalue weighted by molar-refractivity contribution is 7.12. The molecule has 0 bridgehead atoms. The van der Waals surface area contributed by atoms with Gasteiger partial charge in [-0.3, -0.25) is 0 Å². The predicted molar refractivity (Wildman–Crippen MR) is 50.3 cm³/mol. The van der Waals surface area contributed by atoms with Gasteiger partial charge >= 0.3 is 0 Å². The Labute approximate surface area is 76.6 Å². The van der Waals surface area contributed by atoms with Crippen molar-refractivity contribution in [1.82, 2.24) is 0 Å². The first-order chi connectivity index (χ1) is 5.90. The van der Waals surface area contributed by atoms with E-state index in [1.165, 1.54) is 42.5 Å². The van der Waals surface area contributed by atoms with Crippen LogP contribution in [0.15, 0.2) is 6.07 Å². The number of aryl methyl sites for hydroxylation is 2. The summed E-state index contributed by atoms with van der Waals surface area (Å²) in [4.78, 5) is 2.35. The summed E-state index contributed by atoms with van der Waals surface area (Å²) in [6.45, 7) is 0. The highest BCUT2D eigenvalue weighted by Crippen LogP contribution is 2.28. The van der Waals surface area contributed by atoms with Gasteiger partial charge in [0.25, 0.3) is 0 Å². The first-order valence-electron chi connectivity index (χ1n) is 4.42. The van der Waals surface area contributed by atoms with Crippen molar-refractivity contribution in [2.24, 2.45) is 0 Å². The number of rotatable bonds is 0. The Kier molecular flexibility index (Phi) is 2.14. The van der Waals surface area contributed by atoms with Crippen LogP contribution in [0, 0.1) is 11.3 Å². The van der Waals surface area contributed by atoms with Crippen molar-refractivity contribution in [3.8, 4) is 6.07 Å². The molecule has 0 radical (unpaired) electrons. The molecule has 1 aromatic rings. The lowest BCUT2D eigenvalue weighted by molar-refractivity contribution is 0.712. The van der Waals surface area contributed by atoms with Crippen molar-refractivity contribution in [3.63, 3.8) is 0 Å². The standard InChI is InChI=1S/C10H11NS/c11-7-9-6-8-4-2-1-3-5-10(8)12-9/h6H,1-5H2. The van der Waals surface area contributed by atoms with Crippen LogP contribution >= 0.6 is 11.3 Å². The van der Waals surface area contributed by atoms with Gasteiger partial charge in [-0.1, -0.05) is 6.42 Å². The zero-order chi connectivity index (χ0) is 8.39. The molecule has 12 heavy (non-hydrogen) atoms. The summed E-state index contributed by atoms with van der Waals surface area (Å²) < 4.78 is 0. The molecular weight excluding hydrogens is 166 g/mol. The minimum Gasteiger partial charge on any atom is -0.192 e. The molecule has 1 aliphatic carbocycles. The summed E-state index contributed by atoms with van der Waals surface area (Å²) >= 11 is 1.69. The van der Waals surface area contributed by atoms with Gasteiger partial charge in [0.15, 0.2) is 0 Å². The van der Waals surface area contributed by atoms with Crippen LogP contribution < -0.4 is 0 Å². The first kappa shape index (κ1) is 7.82. The zero-order valence-electron chi connectivity index (χ0n) is 6.97. The molecule has 0 aromatic carbocycles. The van der Waals surface area contributed by atoms with E-state index in [9.17, 15) is 0 Å². The molecule has 2 heteroatoms. The molecule has 0 unspecified atom stereocenters. The average Bonchev–Trinajstić information content (AvgIpc) is 2.37. The van der Waals surface area contributed by atoms with Crippen LogP contribution in [0.3, 0.4) is 0 Å². The molecule has 0 saturated heterocycles. The lowest BCUT2D eigenvalue weighted by Gasteiger charge is -1.92. The topological polar surface area (TPSA) is 23.8 Å². The van der Waals surface area contributed by atoms with Gasteiger partial charge in [0.05, 0.1) is 0 Å². The second-order valence-electron chi connectivity index (χ2n) is 3.23. The Morgan fingerprint density at radius 2 is 2.08 bits per heavy atom. The maximum absolute atomic E-state index is 8.72. The van der Waals surface area contributed by atoms with E-state index in [1.807, 2.05) is 0 Å². The summed E-state index contributed by atoms with van der Waals surface area (Å²) in [5.41, 5.74) is 1.44. The third kappa shape index (κ3) is 1.37. The van der Waals surface area contributed by atoms with E-state index in [0.717, 1.165) is 4.88 Å². The van der Waals surface area contributed by atoms with Gasteiger partial charge in [-0.2, -0.15) is 5.26 Å². The molecule has 1 heterocycles. The first-order valence-corrected chi connectivity index (χ1v) is 5.23. The Morgan fingerprint density at radius 3 is 2.92 bits per heavy atom. The van der Waals surface area contributed by atoms with E-state index in [2.05, 4.69) is 12.1 Å². The fourth-order valence-electron chi connectivity index (χ4n) is 1.72. The molecule has 0 fully saturated rings. The summed E-state index contributed by atoms with van der Waals surface area (Å²) in [7, 11) is 0. The molecule has 1 aliphatic rings. The van der Waals surface area contributed by atoms with Crippen LogP contribution in [-0.2, 0) is 12.8 Å². The van der Waals surface area contributed by atoms with Crippen molar-refractivity contribution < 1.29 is 0 Å². The van der Waals surface area contributed by atoms with E-state index in [4.69, 9.17) is 5.26 Å². The van der Waals surface area contributed by atoms with Crippen LogP contribution in [0.5, 0.6) is 0 Å². The molecule has 62 valence electrons. The Hall–Kier alpha value is -0.810. The zero-order valence-corrected chi connectivity index (χ0v) is 7.78. The third-order valence-corrected chi connectivity index (χ3v) is 3.50. The number of nitrogens with zero attached hydrogens (tertiary/aromatic N) is 1. The molecule has 0 spiro atoms. The van der Waals surface area contributed by atoms with E-state index in [-0.39, 0.29) is 0 Å². The third-order valence-electron chi connectivity index (χ3n) is 2.36. The lowest BCUT2D eigenvalue weighted by Crippen LogP contribution is -1.80. The average molecular weight is 177 g/mol. The number of nitriles is 1. The Morgan fingerprint density at radius 1 is 1.25 bits per heavy atom. The molecule has 1 aromatic heterocycles. The predicted octanol–water partition coefficient (Wildman–Crippen LogP) is 2.89. The van der Waals surface area contributed by atoms with Crippen LogP contribution in [0.2, 0.25) is 0 Å². The molecule has 0 saturated carbocycles. The van der Waals surface area contributed by atoms with E-state index < -0.39 is 0 Å². The van der Waals surface area contributed by atoms with E-state index in [0.29, 0.717) is 0 Å². The largest absolute Gasteiger partial charge is 0.192 e. The van der Waals surface area contributed by atoms with Crippen LogP contribution in [0.25, 0.3) is 0 Å². The molecule has 0 atom stereocenters. The lowest BCUT2D eigenvalue weighted by atomic mass is 10.1. The number of hydrogen-bond acceptors (Lipinski definition) is 2. The maximum atomic E-state index is 8.72. The van der Waals surface area contributed by atoms with Gasteiger partial charge in [-0.15, -0.1) is 11.3 Å². The molecule has 0 N–H and O–H groups in total. The van der Waals surface area contributed by atoms with E-state index in [1.54, 1.807) is 11.3 Å². The fraction of sp³-hybridized carbons (Fsp3) is 0.500. The molecular formula is C10H11NS. The molecule has 0 amide bonds. The van der Waals surface area contributed by atoms with Gasteiger partial charge in [0.2, 0.25) is 0 Å². The highest BCUT2D eigenvalue weighted by atomic mass is 32.1. The second-order valence-corrected chi connectivity index (χ2v) is 4.37. The van der Waals surface area contributed by atoms with Gasteiger partial charge < -0.3 is 0 Å². The molecule has 1 nitrogen and oxygen atoms in total. The smallest absolute Gasteiger partial charge is 0.110 e. The summed E-state index contributed by atoms with van der Waals surface area (Å²) in [6, 6.07) is 4.30.